The number of Topliss-reactive ketones (excluding diaryl/α,β-unsaturated/α-hetero) is 1. The molecule has 10 heteroatoms. The minimum atomic E-state index is -0.652. The molecular formula is C46H49N3O7. The number of aliphatic hydroxyl groups excluding tert-OH is 1. The molecule has 0 aliphatic heterocycles. The molecule has 6 rings (SSSR count). The number of alkyl carbamates (subject to hydrolysis) is 1. The molecule has 0 saturated carbocycles. The number of hydrogen-bond donors (Lipinski definition) is 3. The molecule has 290 valence electrons. The highest BCUT2D eigenvalue weighted by atomic mass is 16.5. The Morgan fingerprint density at radius 1 is 0.839 bits per heavy atom. The fourth-order valence-electron chi connectivity index (χ4n) is 7.38. The normalized spacial score (nSPS) is 15.5. The van der Waals surface area contributed by atoms with Gasteiger partial charge in [-0.3, -0.25) is 19.4 Å². The molecule has 1 atom stereocenters. The number of aliphatic imine (C=N–C) groups is 1. The Labute approximate surface area is 328 Å². The zero-order valence-electron chi connectivity index (χ0n) is 32.3. The van der Waals surface area contributed by atoms with E-state index in [1.165, 1.54) is 0 Å². The van der Waals surface area contributed by atoms with Crippen LogP contribution in [0.4, 0.5) is 10.5 Å². The first kappa shape index (κ1) is 39.7. The summed E-state index contributed by atoms with van der Waals surface area (Å²) in [7, 11) is 0. The van der Waals surface area contributed by atoms with Crippen molar-refractivity contribution >= 4 is 35.2 Å². The number of carbonyl (C=O) groups excluding carboxylic acids is 4. The van der Waals surface area contributed by atoms with E-state index >= 15 is 0 Å². The highest BCUT2D eigenvalue weighted by Gasteiger charge is 2.36. The summed E-state index contributed by atoms with van der Waals surface area (Å²) in [5.74, 6) is -1.02. The van der Waals surface area contributed by atoms with Crippen molar-refractivity contribution in [3.63, 3.8) is 0 Å². The number of amides is 2. The van der Waals surface area contributed by atoms with Crippen molar-refractivity contribution in [2.45, 2.75) is 71.9 Å². The molecule has 0 saturated heterocycles. The topological polar surface area (TPSA) is 143 Å². The standard InChI is InChI=1S/C46H49N3O7/c1-29(2)44(43-39(50)25-46(3,4)26-40(43)51)48-32-20-18-30(19-21-32)27-55-42(53)22-23-47-41(52)24-38(31-12-6-5-7-13-31)49-45(54)56-28-37-35-16-10-8-14-33(35)34-15-9-11-17-36(34)37/h5-21,29,37-38,50H,22-28H2,1-4H3,(H,47,52)(H,49,54)/t38-/m1/s1. The van der Waals surface area contributed by atoms with Gasteiger partial charge in [0.2, 0.25) is 5.91 Å². The van der Waals surface area contributed by atoms with E-state index < -0.39 is 18.1 Å². The van der Waals surface area contributed by atoms with Gasteiger partial charge in [0.1, 0.15) is 19.0 Å². The van der Waals surface area contributed by atoms with Gasteiger partial charge in [0.25, 0.3) is 0 Å². The number of carbonyl (C=O) groups is 4. The smallest absolute Gasteiger partial charge is 0.407 e. The SMILES string of the molecule is CC(C)C(=Nc1ccc(COC(=O)CCNC(=O)C[C@@H](NC(=O)OCC2c3ccccc3-c3ccccc32)c2ccccc2)cc1)C1=C(O)CC(C)(C)CC1=O. The van der Waals surface area contributed by atoms with Crippen molar-refractivity contribution in [2.24, 2.45) is 16.3 Å². The largest absolute Gasteiger partial charge is 0.511 e. The van der Waals surface area contributed by atoms with E-state index in [2.05, 4.69) is 34.9 Å². The van der Waals surface area contributed by atoms with E-state index in [-0.39, 0.29) is 67.3 Å². The fraction of sp³-hybridized carbons (Fsp3) is 0.326. The summed E-state index contributed by atoms with van der Waals surface area (Å²) in [5.41, 5.74) is 7.16. The van der Waals surface area contributed by atoms with Gasteiger partial charge in [-0.2, -0.15) is 0 Å². The number of nitrogens with one attached hydrogen (secondary N) is 2. The monoisotopic (exact) mass is 755 g/mol. The lowest BCUT2D eigenvalue weighted by Gasteiger charge is -2.30. The average Bonchev–Trinajstić information content (AvgIpc) is 3.49. The molecule has 0 heterocycles. The minimum Gasteiger partial charge on any atom is -0.511 e. The lowest BCUT2D eigenvalue weighted by atomic mass is 9.74. The number of hydrogen-bond acceptors (Lipinski definition) is 8. The van der Waals surface area contributed by atoms with Crippen molar-refractivity contribution in [1.82, 2.24) is 10.6 Å². The number of nitrogens with zero attached hydrogens (tertiary/aromatic N) is 1. The van der Waals surface area contributed by atoms with Gasteiger partial charge in [-0.1, -0.05) is 119 Å². The summed E-state index contributed by atoms with van der Waals surface area (Å²) >= 11 is 0. The third-order valence-corrected chi connectivity index (χ3v) is 10.1. The van der Waals surface area contributed by atoms with Crippen LogP contribution in [0, 0.1) is 11.3 Å². The molecule has 56 heavy (non-hydrogen) atoms. The zero-order chi connectivity index (χ0) is 39.8. The van der Waals surface area contributed by atoms with Gasteiger partial charge in [0, 0.05) is 25.3 Å². The van der Waals surface area contributed by atoms with Crippen LogP contribution in [0.3, 0.4) is 0 Å². The molecule has 0 aromatic heterocycles. The average molecular weight is 756 g/mol. The molecule has 0 spiro atoms. The quantitative estimate of drug-likeness (QED) is 0.0862. The Balaban J connectivity index is 0.973. The van der Waals surface area contributed by atoms with Crippen LogP contribution in [0.25, 0.3) is 11.1 Å². The lowest BCUT2D eigenvalue weighted by Crippen LogP contribution is -2.35. The number of ketones is 1. The molecule has 0 fully saturated rings. The number of esters is 1. The number of fused-ring (bicyclic) bond motifs is 3. The molecule has 10 nitrogen and oxygen atoms in total. The highest BCUT2D eigenvalue weighted by molar-refractivity contribution is 6.24. The number of ether oxygens (including phenoxy) is 2. The van der Waals surface area contributed by atoms with Crippen molar-refractivity contribution in [1.29, 1.82) is 0 Å². The Morgan fingerprint density at radius 2 is 1.46 bits per heavy atom. The summed E-state index contributed by atoms with van der Waals surface area (Å²) in [6.07, 6.45) is 0.0480. The predicted molar refractivity (Wildman–Crippen MR) is 215 cm³/mol. The fourth-order valence-corrected chi connectivity index (χ4v) is 7.38. The second-order valence-electron chi connectivity index (χ2n) is 15.5. The third kappa shape index (κ3) is 9.79. The molecule has 0 bridgehead atoms. The van der Waals surface area contributed by atoms with E-state index in [1.54, 1.807) is 24.3 Å². The summed E-state index contributed by atoms with van der Waals surface area (Å²) in [4.78, 5) is 56.4. The van der Waals surface area contributed by atoms with Crippen LogP contribution in [0.2, 0.25) is 0 Å². The second-order valence-corrected chi connectivity index (χ2v) is 15.5. The van der Waals surface area contributed by atoms with Crippen LogP contribution in [0.5, 0.6) is 0 Å². The molecule has 4 aromatic carbocycles. The highest BCUT2D eigenvalue weighted by Crippen LogP contribution is 2.44. The van der Waals surface area contributed by atoms with Gasteiger partial charge in [-0.25, -0.2) is 4.79 Å². The van der Waals surface area contributed by atoms with E-state index in [4.69, 9.17) is 14.5 Å². The maximum absolute atomic E-state index is 13.1. The van der Waals surface area contributed by atoms with Gasteiger partial charge < -0.3 is 25.2 Å². The number of benzene rings is 4. The molecule has 0 unspecified atom stereocenters. The van der Waals surface area contributed by atoms with E-state index in [0.717, 1.165) is 33.4 Å². The Kier molecular flexibility index (Phi) is 12.5. The zero-order valence-corrected chi connectivity index (χ0v) is 32.3. The van der Waals surface area contributed by atoms with Crippen LogP contribution < -0.4 is 10.6 Å². The van der Waals surface area contributed by atoms with Crippen LogP contribution in [-0.2, 0) is 30.5 Å². The Hall–Kier alpha value is -6.03. The summed E-state index contributed by atoms with van der Waals surface area (Å²) in [5, 5.41) is 16.4. The number of allylic oxidation sites excluding steroid dienone is 2. The maximum atomic E-state index is 13.1. The third-order valence-electron chi connectivity index (χ3n) is 10.1. The molecule has 2 amide bonds. The molecule has 4 aromatic rings. The van der Waals surface area contributed by atoms with E-state index in [9.17, 15) is 24.3 Å². The molecule has 2 aliphatic carbocycles. The Bertz CT molecular complexity index is 2090. The predicted octanol–water partition coefficient (Wildman–Crippen LogP) is 8.84. The number of rotatable bonds is 14. The first-order valence-corrected chi connectivity index (χ1v) is 19.1. The van der Waals surface area contributed by atoms with E-state index in [1.807, 2.05) is 82.3 Å². The second kappa shape index (κ2) is 17.6. The van der Waals surface area contributed by atoms with Gasteiger partial charge in [0.05, 0.1) is 35.9 Å². The first-order chi connectivity index (χ1) is 26.9. The maximum Gasteiger partial charge on any atom is 0.407 e. The van der Waals surface area contributed by atoms with Gasteiger partial charge in [0.15, 0.2) is 5.78 Å². The molecule has 2 aliphatic rings. The van der Waals surface area contributed by atoms with Crippen molar-refractivity contribution < 1.29 is 33.8 Å². The minimum absolute atomic E-state index is 0.0352. The van der Waals surface area contributed by atoms with Gasteiger partial charge >= 0.3 is 12.1 Å². The number of aliphatic hydroxyl groups is 1. The van der Waals surface area contributed by atoms with Crippen LogP contribution in [0.1, 0.15) is 87.6 Å². The molecule has 0 radical (unpaired) electrons. The summed E-state index contributed by atoms with van der Waals surface area (Å²) in [6.45, 7) is 8.05. The first-order valence-electron chi connectivity index (χ1n) is 19.1. The lowest BCUT2D eigenvalue weighted by molar-refractivity contribution is -0.144. The van der Waals surface area contributed by atoms with Crippen molar-refractivity contribution in [3.8, 4) is 11.1 Å². The molecular weight excluding hydrogens is 707 g/mol. The van der Waals surface area contributed by atoms with Crippen molar-refractivity contribution in [3.05, 3.63) is 137 Å². The molecule has 3 N–H and O–H groups in total. The van der Waals surface area contributed by atoms with Crippen LogP contribution in [0.15, 0.2) is 119 Å². The Morgan fingerprint density at radius 3 is 2.09 bits per heavy atom. The van der Waals surface area contributed by atoms with Gasteiger partial charge in [-0.15, -0.1) is 0 Å². The summed E-state index contributed by atoms with van der Waals surface area (Å²) < 4.78 is 11.2. The van der Waals surface area contributed by atoms with E-state index in [0.29, 0.717) is 29.8 Å². The summed E-state index contributed by atoms with van der Waals surface area (Å²) in [6, 6.07) is 31.9. The van der Waals surface area contributed by atoms with Gasteiger partial charge in [-0.05, 0) is 56.8 Å². The van der Waals surface area contributed by atoms with Crippen LogP contribution >= 0.6 is 0 Å². The van der Waals surface area contributed by atoms with Crippen molar-refractivity contribution in [2.75, 3.05) is 13.2 Å². The van der Waals surface area contributed by atoms with Crippen LogP contribution in [-0.4, -0.2) is 47.7 Å².